The molecule has 7 aromatic heterocycles. The Balaban J connectivity index is 0.000000153. The maximum Gasteiger partial charge on any atom is 0.306 e. The van der Waals surface area contributed by atoms with Gasteiger partial charge >= 0.3 is 5.56 Å². The minimum Gasteiger partial charge on any atom is -0.496 e. The summed E-state index contributed by atoms with van der Waals surface area (Å²) in [7, 11) is 6.14. The van der Waals surface area contributed by atoms with Crippen molar-refractivity contribution in [3.05, 3.63) is 232 Å². The Morgan fingerprint density at radius 2 is 0.989 bits per heavy atom. The number of carbonyl (C=O) groups is 1. The van der Waals surface area contributed by atoms with E-state index in [2.05, 4.69) is 56.1 Å². The minimum atomic E-state index is -1.62. The number of aryl methyl sites for hydroxylation is 1. The average molecular weight is 1240 g/mol. The molecule has 2 N–H and O–H groups in total. The number of nitrogens with zero attached hydrogens (tertiary/aromatic N) is 14. The van der Waals surface area contributed by atoms with Crippen molar-refractivity contribution in [3.8, 4) is 57.2 Å². The summed E-state index contributed by atoms with van der Waals surface area (Å²) in [5, 5.41) is 37.2. The summed E-state index contributed by atoms with van der Waals surface area (Å²) < 4.78 is 66.5. The van der Waals surface area contributed by atoms with E-state index in [9.17, 15) is 32.8 Å². The molecule has 0 fully saturated rings. The van der Waals surface area contributed by atoms with Gasteiger partial charge in [0.2, 0.25) is 46.9 Å². The molecule has 0 aliphatic rings. The van der Waals surface area contributed by atoms with Crippen LogP contribution in [0.25, 0.3) is 34.2 Å². The van der Waals surface area contributed by atoms with Gasteiger partial charge in [0.15, 0.2) is 5.82 Å². The van der Waals surface area contributed by atoms with E-state index in [1.807, 2.05) is 73.7 Å². The number of aromatic nitrogens is 14. The van der Waals surface area contributed by atoms with E-state index in [4.69, 9.17) is 49.5 Å². The van der Waals surface area contributed by atoms with Gasteiger partial charge in [0.25, 0.3) is 16.7 Å². The molecular formula is C58H51ClF2N16O12. The molecular weight excluding hydrogens is 1190 g/mol. The van der Waals surface area contributed by atoms with Gasteiger partial charge < -0.3 is 37.8 Å². The third-order valence-corrected chi connectivity index (χ3v) is 12.7. The lowest BCUT2D eigenvalue weighted by atomic mass is 10.2. The SMILES string of the molecule is COc1ccccc1-c1noc(Cn2ncc(C)c(C)c2=O)n1.COc1ccccc1-c1noc(Cn2nccc(Cl)c2=O)n1.COc1ccccc1-c1noc(Cn2ncccc2=O)n1.COc1ccccc1C(=N)NC(=O)Cn1ncc(F)c(F)c1=O. The maximum atomic E-state index is 13.1. The van der Waals surface area contributed by atoms with Gasteiger partial charge in [-0.15, -0.1) is 0 Å². The number of hydrogen-bond acceptors (Lipinski definition) is 23. The van der Waals surface area contributed by atoms with Gasteiger partial charge in [0.1, 0.15) is 60.0 Å². The van der Waals surface area contributed by atoms with Crippen molar-refractivity contribution in [3.63, 3.8) is 0 Å². The van der Waals surface area contributed by atoms with Crippen LogP contribution in [0.3, 0.4) is 0 Å². The van der Waals surface area contributed by atoms with Crippen molar-refractivity contribution in [1.29, 1.82) is 5.41 Å². The molecule has 4 aromatic carbocycles. The second kappa shape index (κ2) is 29.9. The third-order valence-electron chi connectivity index (χ3n) is 12.4. The first-order valence-electron chi connectivity index (χ1n) is 26.1. The molecule has 0 saturated carbocycles. The Labute approximate surface area is 506 Å². The fraction of sp³-hybridized carbons (Fsp3) is 0.172. The van der Waals surface area contributed by atoms with E-state index in [1.54, 1.807) is 70.8 Å². The van der Waals surface area contributed by atoms with Crippen LogP contribution in [0, 0.1) is 30.9 Å². The van der Waals surface area contributed by atoms with Crippen LogP contribution in [-0.2, 0) is 31.0 Å². The molecule has 1 amide bonds. The fourth-order valence-corrected chi connectivity index (χ4v) is 7.93. The summed E-state index contributed by atoms with van der Waals surface area (Å²) in [5.74, 6) is 0.308. The lowest BCUT2D eigenvalue weighted by Gasteiger charge is -2.11. The van der Waals surface area contributed by atoms with Gasteiger partial charge in [-0.3, -0.25) is 29.4 Å². The highest BCUT2D eigenvalue weighted by atomic mass is 35.5. The van der Waals surface area contributed by atoms with Crippen molar-refractivity contribution in [2.24, 2.45) is 0 Å². The predicted octanol–water partition coefficient (Wildman–Crippen LogP) is 5.99. The number of amidine groups is 1. The van der Waals surface area contributed by atoms with E-state index in [-0.39, 0.29) is 47.5 Å². The number of benzene rings is 4. The normalized spacial score (nSPS) is 10.5. The second-order valence-electron chi connectivity index (χ2n) is 18.1. The lowest BCUT2D eigenvalue weighted by molar-refractivity contribution is -0.120. The zero-order valence-corrected chi connectivity index (χ0v) is 48.7. The van der Waals surface area contributed by atoms with Gasteiger partial charge in [-0.2, -0.15) is 39.7 Å². The van der Waals surface area contributed by atoms with E-state index in [0.717, 1.165) is 21.4 Å². The van der Waals surface area contributed by atoms with Crippen LogP contribution in [0.4, 0.5) is 8.78 Å². The Morgan fingerprint density at radius 3 is 1.49 bits per heavy atom. The highest BCUT2D eigenvalue weighted by molar-refractivity contribution is 6.30. The number of rotatable bonds is 16. The van der Waals surface area contributed by atoms with Gasteiger partial charge in [-0.1, -0.05) is 75.6 Å². The van der Waals surface area contributed by atoms with Crippen LogP contribution in [0.2, 0.25) is 5.02 Å². The number of methoxy groups -OCH3 is 4. The molecule has 0 radical (unpaired) electrons. The number of carbonyl (C=O) groups excluding carboxylic acids is 1. The van der Waals surface area contributed by atoms with Crippen molar-refractivity contribution in [2.75, 3.05) is 28.4 Å². The number of ether oxygens (including phenoxy) is 4. The van der Waals surface area contributed by atoms with Gasteiger partial charge in [-0.05, 0) is 80.1 Å². The van der Waals surface area contributed by atoms with Crippen molar-refractivity contribution in [2.45, 2.75) is 40.0 Å². The highest BCUT2D eigenvalue weighted by Gasteiger charge is 2.19. The molecule has 11 aromatic rings. The summed E-state index contributed by atoms with van der Waals surface area (Å²) in [6.45, 7) is 3.25. The predicted molar refractivity (Wildman–Crippen MR) is 313 cm³/mol. The van der Waals surface area contributed by atoms with Gasteiger partial charge in [0, 0.05) is 24.0 Å². The van der Waals surface area contributed by atoms with Crippen LogP contribution < -0.4 is 46.5 Å². The van der Waals surface area contributed by atoms with Crippen LogP contribution in [0.15, 0.2) is 173 Å². The second-order valence-corrected chi connectivity index (χ2v) is 18.5. The molecule has 0 aliphatic heterocycles. The Bertz CT molecular complexity index is 4530. The van der Waals surface area contributed by atoms with E-state index < -0.39 is 35.2 Å². The topological polar surface area (TPSA) is 346 Å². The molecule has 28 nitrogen and oxygen atoms in total. The van der Waals surface area contributed by atoms with E-state index in [0.29, 0.717) is 79.8 Å². The fourth-order valence-electron chi connectivity index (χ4n) is 7.77. The molecule has 0 bridgehead atoms. The Hall–Kier alpha value is -11.7. The molecule has 456 valence electrons. The molecule has 89 heavy (non-hydrogen) atoms. The highest BCUT2D eigenvalue weighted by Crippen LogP contribution is 2.29. The Morgan fingerprint density at radius 1 is 0.539 bits per heavy atom. The summed E-state index contributed by atoms with van der Waals surface area (Å²) in [5.41, 5.74) is 1.83. The third kappa shape index (κ3) is 16.0. The molecule has 11 rings (SSSR count). The van der Waals surface area contributed by atoms with Crippen LogP contribution in [-0.4, -0.2) is 110 Å². The number of halogens is 3. The van der Waals surface area contributed by atoms with Gasteiger partial charge in [-0.25, -0.2) is 23.1 Å². The summed E-state index contributed by atoms with van der Waals surface area (Å²) >= 11 is 5.76. The monoisotopic (exact) mass is 1240 g/mol. The zero-order chi connectivity index (χ0) is 63.6. The molecule has 0 spiro atoms. The molecule has 0 atom stereocenters. The molecule has 7 heterocycles. The average Bonchev–Trinajstić information content (AvgIpc) is 3.91. The summed E-state index contributed by atoms with van der Waals surface area (Å²) in [6, 6.07) is 33.0. The first-order chi connectivity index (χ1) is 43.0. The first-order valence-corrected chi connectivity index (χ1v) is 26.5. The number of hydrogen-bond donors (Lipinski definition) is 2. The molecule has 0 saturated heterocycles. The summed E-state index contributed by atoms with van der Waals surface area (Å²) in [6.07, 6.45) is 5.10. The van der Waals surface area contributed by atoms with E-state index in [1.165, 1.54) is 41.0 Å². The van der Waals surface area contributed by atoms with Crippen LogP contribution in [0.5, 0.6) is 23.0 Å². The zero-order valence-electron chi connectivity index (χ0n) is 47.9. The van der Waals surface area contributed by atoms with Crippen molar-refractivity contribution >= 4 is 23.3 Å². The smallest absolute Gasteiger partial charge is 0.306 e. The standard InChI is InChI=1S/C16H16N4O3.C14H11ClN4O3.C14H12F2N4O3.C14H12N4O3/c1-10-8-17-20(16(21)11(10)2)9-14-18-15(19-23-14)12-6-4-5-7-13(12)22-3;1-21-11-5-3-2-4-9(11)13-17-12(22-18-13)8-19-14(20)10(15)6-7-16-19;1-23-10-5-3-2-4-8(10)13(17)19-11(21)7-20-14(22)12(16)9(15)6-18-20;1-20-11-6-3-2-5-10(11)14-16-12(21-17-14)9-18-13(19)7-4-8-15-18/h4-8H,9H2,1-3H3;2-7H,8H2,1H3;2-6H,7H2,1H3,(H2,17,19,21);2-8H,9H2,1H3. The Kier molecular flexibility index (Phi) is 21.3. The number of para-hydroxylation sites is 4. The van der Waals surface area contributed by atoms with Crippen molar-refractivity contribution < 1.29 is 46.1 Å². The number of nitrogens with one attached hydrogen (secondary N) is 2. The largest absolute Gasteiger partial charge is 0.496 e. The van der Waals surface area contributed by atoms with Crippen LogP contribution in [0.1, 0.15) is 34.4 Å². The van der Waals surface area contributed by atoms with Crippen molar-refractivity contribution in [1.82, 2.24) is 74.9 Å². The van der Waals surface area contributed by atoms with E-state index >= 15 is 0 Å². The minimum absolute atomic E-state index is 0.0432. The lowest BCUT2D eigenvalue weighted by Crippen LogP contribution is -2.38. The van der Waals surface area contributed by atoms with Gasteiger partial charge in [0.05, 0.1) is 63.1 Å². The molecule has 0 aliphatic carbocycles. The molecule has 0 unspecified atom stereocenters. The quantitative estimate of drug-likeness (QED) is 0.0828. The summed E-state index contributed by atoms with van der Waals surface area (Å²) in [4.78, 5) is 71.7. The van der Waals surface area contributed by atoms with Crippen LogP contribution >= 0.6 is 11.6 Å². The first kappa shape index (κ1) is 63.3. The maximum absolute atomic E-state index is 13.1. The molecule has 31 heteroatoms. The number of amides is 1.